The molecule has 4 aliphatic heterocycles. The van der Waals surface area contributed by atoms with Crippen molar-refractivity contribution in [3.63, 3.8) is 0 Å². The van der Waals surface area contributed by atoms with E-state index in [2.05, 4.69) is 9.97 Å². The normalized spacial score (nSPS) is 15.6. The molecule has 4 fully saturated rings. The van der Waals surface area contributed by atoms with E-state index in [-0.39, 0.29) is 42.0 Å². The third-order valence-electron chi connectivity index (χ3n) is 10.3. The van der Waals surface area contributed by atoms with Crippen LogP contribution in [0.2, 0.25) is 0 Å². The number of aromatic nitrogens is 2. The Kier molecular flexibility index (Phi) is 14.2. The van der Waals surface area contributed by atoms with Crippen LogP contribution in [0.5, 0.6) is 17.2 Å². The SMILES string of the molecule is O=[N+]([O-])c1ccc(COP(=O)(N2CC2)N2CC2)cc1F.O=[N+]([O-])c1ccc(COP(=O)(N2CC2)N2CC2)cc1Oc1ccc(-c2ccc(F)cc2)nc1.Oc1ccc(-c2ccc(F)cc2)nc1. The van der Waals surface area contributed by atoms with Crippen molar-refractivity contribution in [1.29, 1.82) is 0 Å². The highest BCUT2D eigenvalue weighted by Crippen LogP contribution is 2.62. The van der Waals surface area contributed by atoms with Gasteiger partial charge in [0.2, 0.25) is 11.6 Å². The molecule has 0 spiro atoms. The van der Waals surface area contributed by atoms with Gasteiger partial charge >= 0.3 is 26.7 Å². The van der Waals surface area contributed by atoms with Crippen LogP contribution >= 0.6 is 15.3 Å². The highest BCUT2D eigenvalue weighted by atomic mass is 31.2. The van der Waals surface area contributed by atoms with Gasteiger partial charge in [0.1, 0.15) is 23.1 Å². The first-order valence-corrected chi connectivity index (χ1v) is 23.8. The van der Waals surface area contributed by atoms with Crippen LogP contribution in [-0.4, -0.2) is 96.0 Å². The smallest absolute Gasteiger partial charge is 0.346 e. The van der Waals surface area contributed by atoms with Gasteiger partial charge in [-0.3, -0.25) is 39.3 Å². The summed E-state index contributed by atoms with van der Waals surface area (Å²) in [5.41, 5.74) is 3.13. The summed E-state index contributed by atoms with van der Waals surface area (Å²) in [7, 11) is -5.94. The third-order valence-corrected chi connectivity index (χ3v) is 15.7. The number of hydrogen-bond acceptors (Lipinski definition) is 12. The minimum absolute atomic E-state index is 0.0286. The summed E-state index contributed by atoms with van der Waals surface area (Å²) in [6.07, 6.45) is 2.80. The van der Waals surface area contributed by atoms with E-state index in [4.69, 9.17) is 18.9 Å². The molecule has 348 valence electrons. The maximum Gasteiger partial charge on any atom is 0.346 e. The molecule has 67 heavy (non-hydrogen) atoms. The zero-order valence-corrected chi connectivity index (χ0v) is 37.1. The van der Waals surface area contributed by atoms with Crippen molar-refractivity contribution in [2.45, 2.75) is 13.2 Å². The lowest BCUT2D eigenvalue weighted by Crippen LogP contribution is -2.08. The molecule has 0 amide bonds. The lowest BCUT2D eigenvalue weighted by Gasteiger charge is -2.19. The molecule has 10 rings (SSSR count). The Balaban J connectivity index is 0.000000151. The van der Waals surface area contributed by atoms with Crippen molar-refractivity contribution in [2.24, 2.45) is 0 Å². The fourth-order valence-electron chi connectivity index (χ4n) is 6.40. The quantitative estimate of drug-likeness (QED) is 0.0415. The molecule has 0 atom stereocenters. The minimum Gasteiger partial charge on any atom is -0.506 e. The minimum atomic E-state index is -3.00. The van der Waals surface area contributed by atoms with Crippen LogP contribution in [0.3, 0.4) is 0 Å². The van der Waals surface area contributed by atoms with E-state index in [0.29, 0.717) is 28.3 Å². The Morgan fingerprint density at radius 3 is 1.39 bits per heavy atom. The number of nitro groups is 2. The monoisotopic (exact) mass is 960 g/mol. The lowest BCUT2D eigenvalue weighted by atomic mass is 10.1. The maximum absolute atomic E-state index is 13.5. The Morgan fingerprint density at radius 2 is 1.00 bits per heavy atom. The Bertz CT molecular complexity index is 2760. The van der Waals surface area contributed by atoms with Crippen LogP contribution in [-0.2, 0) is 31.4 Å². The fourth-order valence-corrected chi connectivity index (χ4v) is 10.8. The van der Waals surface area contributed by atoms with Gasteiger partial charge in [-0.1, -0.05) is 0 Å². The predicted molar refractivity (Wildman–Crippen MR) is 238 cm³/mol. The summed E-state index contributed by atoms with van der Waals surface area (Å²) in [4.78, 5) is 29.0. The van der Waals surface area contributed by atoms with Crippen LogP contribution in [0.4, 0.5) is 24.5 Å². The number of pyridine rings is 2. The molecule has 4 aliphatic rings. The van der Waals surface area contributed by atoms with E-state index in [1.807, 2.05) is 0 Å². The van der Waals surface area contributed by atoms with Gasteiger partial charge in [-0.15, -0.1) is 0 Å². The molecule has 4 aromatic carbocycles. The van der Waals surface area contributed by atoms with E-state index in [1.54, 1.807) is 73.3 Å². The first-order valence-electron chi connectivity index (χ1n) is 20.7. The maximum atomic E-state index is 13.5. The van der Waals surface area contributed by atoms with Gasteiger partial charge in [0.25, 0.3) is 0 Å². The zero-order chi connectivity index (χ0) is 47.3. The van der Waals surface area contributed by atoms with E-state index >= 15 is 0 Å². The van der Waals surface area contributed by atoms with Crippen LogP contribution in [0.15, 0.2) is 122 Å². The molecule has 6 aromatic rings. The highest BCUT2D eigenvalue weighted by molar-refractivity contribution is 7.54. The second-order valence-corrected chi connectivity index (χ2v) is 20.1. The molecule has 23 heteroatoms. The van der Waals surface area contributed by atoms with Crippen molar-refractivity contribution < 1.29 is 51.0 Å². The largest absolute Gasteiger partial charge is 0.506 e. The van der Waals surface area contributed by atoms with Crippen molar-refractivity contribution in [2.75, 3.05) is 52.4 Å². The van der Waals surface area contributed by atoms with Gasteiger partial charge in [-0.2, -0.15) is 4.39 Å². The number of hydrogen-bond donors (Lipinski definition) is 1. The second kappa shape index (κ2) is 20.2. The number of halogens is 3. The first kappa shape index (κ1) is 47.1. The average molecular weight is 961 g/mol. The number of ether oxygens (including phenoxy) is 1. The third kappa shape index (κ3) is 12.1. The van der Waals surface area contributed by atoms with Crippen LogP contribution in [0, 0.1) is 37.7 Å². The molecule has 1 N–H and O–H groups in total. The molecule has 6 heterocycles. The van der Waals surface area contributed by atoms with Crippen LogP contribution in [0.1, 0.15) is 11.1 Å². The van der Waals surface area contributed by atoms with Crippen molar-refractivity contribution >= 4 is 26.7 Å². The number of benzene rings is 4. The van der Waals surface area contributed by atoms with Crippen LogP contribution < -0.4 is 4.74 Å². The fraction of sp³-hybridized carbons (Fsp3) is 0.227. The summed E-state index contributed by atoms with van der Waals surface area (Å²) < 4.78 is 89.0. The van der Waals surface area contributed by atoms with E-state index in [9.17, 15) is 42.5 Å². The standard InChI is InChI=1S/C22H20FN4O5P.C11H13FN3O4P.C11H8FNO/c23-18-4-2-17(3-5-18)20-7-6-19(14-24-20)32-22-13-16(1-8-21(22)27(28)29)15-31-33(30,25-9-10-25)26-11-12-26;12-10-7-9(1-2-11(10)15(16)17)8-19-20(18,13-3-4-13)14-5-6-14;12-9-3-1-8(2-4-9)11-6-5-10(14)7-13-11/h1-8,13-14H,9-12,15H2;1-2,7H,3-6,8H2;1-7,14H. The second-order valence-electron chi connectivity index (χ2n) is 15.3. The van der Waals surface area contributed by atoms with Crippen molar-refractivity contribution in [3.05, 3.63) is 170 Å². The van der Waals surface area contributed by atoms with Gasteiger partial charge in [-0.05, 0) is 108 Å². The molecular weight excluding hydrogens is 919 g/mol. The Morgan fingerprint density at radius 1 is 0.567 bits per heavy atom. The molecule has 0 unspecified atom stereocenters. The molecule has 2 aromatic heterocycles. The van der Waals surface area contributed by atoms with Gasteiger partial charge < -0.3 is 18.9 Å². The summed E-state index contributed by atoms with van der Waals surface area (Å²) in [6.45, 7) is 5.93. The van der Waals surface area contributed by atoms with Crippen molar-refractivity contribution in [1.82, 2.24) is 28.6 Å². The molecule has 4 saturated heterocycles. The molecule has 18 nitrogen and oxygen atoms in total. The summed E-state index contributed by atoms with van der Waals surface area (Å²) in [5.74, 6) is -1.06. The Hall–Kier alpha value is -6.41. The van der Waals surface area contributed by atoms with Gasteiger partial charge in [0.15, 0.2) is 0 Å². The molecule has 0 saturated carbocycles. The van der Waals surface area contributed by atoms with E-state index in [0.717, 1.165) is 75.6 Å². The number of aromatic hydroxyl groups is 1. The number of nitro benzene ring substituents is 2. The van der Waals surface area contributed by atoms with E-state index < -0.39 is 36.7 Å². The van der Waals surface area contributed by atoms with Crippen molar-refractivity contribution in [3.8, 4) is 39.8 Å². The van der Waals surface area contributed by atoms with Gasteiger partial charge in [0, 0.05) is 75.6 Å². The molecule has 0 radical (unpaired) electrons. The lowest BCUT2D eigenvalue weighted by molar-refractivity contribution is -0.387. The zero-order valence-electron chi connectivity index (χ0n) is 35.3. The summed E-state index contributed by atoms with van der Waals surface area (Å²) in [6, 6.07) is 26.5. The predicted octanol–water partition coefficient (Wildman–Crippen LogP) is 9.43. The average Bonchev–Trinajstić information content (AvgIpc) is 4.12. The highest BCUT2D eigenvalue weighted by Gasteiger charge is 2.50. The Labute approximate surface area is 381 Å². The molecule has 0 aliphatic carbocycles. The topological polar surface area (TPSA) is 206 Å². The number of rotatable bonds is 16. The van der Waals surface area contributed by atoms with Gasteiger partial charge in [0.05, 0.1) is 46.8 Å². The summed E-state index contributed by atoms with van der Waals surface area (Å²) >= 11 is 0. The molecular formula is C44H41F3N8O10P2. The van der Waals surface area contributed by atoms with E-state index in [1.165, 1.54) is 54.9 Å². The van der Waals surface area contributed by atoms with Gasteiger partial charge in [-0.25, -0.2) is 27.5 Å². The van der Waals surface area contributed by atoms with Crippen LogP contribution in [0.25, 0.3) is 22.5 Å². The molecule has 0 bridgehead atoms. The summed E-state index contributed by atoms with van der Waals surface area (Å²) in [5, 5.41) is 31.0. The first-order chi connectivity index (χ1) is 32.2. The number of nitrogens with zero attached hydrogens (tertiary/aromatic N) is 8.